The first-order chi connectivity index (χ1) is 5.13. The summed E-state index contributed by atoms with van der Waals surface area (Å²) in [5.41, 5.74) is 0. The van der Waals surface area contributed by atoms with Gasteiger partial charge in [-0.2, -0.15) is 0 Å². The smallest absolute Gasteiger partial charge is 0.305 e. The summed E-state index contributed by atoms with van der Waals surface area (Å²) in [6.45, 7) is 5.56. The van der Waals surface area contributed by atoms with Crippen LogP contribution in [0.1, 0.15) is 27.2 Å². The standard InChI is InChI=1S/C5H9NO3.C2H6/c1-4(7)6-3-2-5(8)9;1-2/h2-3H2,1H3,(H,6,7)(H,8,9);1-2H3. The lowest BCUT2D eigenvalue weighted by Gasteiger charge is -1.95. The van der Waals surface area contributed by atoms with E-state index < -0.39 is 5.97 Å². The van der Waals surface area contributed by atoms with Crippen LogP contribution >= 0.6 is 0 Å². The molecule has 0 saturated carbocycles. The van der Waals surface area contributed by atoms with Gasteiger partial charge in [0.2, 0.25) is 5.91 Å². The second-order valence-corrected chi connectivity index (χ2v) is 1.63. The van der Waals surface area contributed by atoms with E-state index in [2.05, 4.69) is 5.32 Å². The van der Waals surface area contributed by atoms with Crippen LogP contribution in [0.3, 0.4) is 0 Å². The highest BCUT2D eigenvalue weighted by molar-refractivity contribution is 5.74. The molecular formula is C7H15NO3. The fraction of sp³-hybridized carbons (Fsp3) is 0.714. The van der Waals surface area contributed by atoms with Gasteiger partial charge in [0.15, 0.2) is 0 Å². The molecule has 0 saturated heterocycles. The lowest BCUT2D eigenvalue weighted by atomic mass is 10.4. The lowest BCUT2D eigenvalue weighted by molar-refractivity contribution is -0.136. The van der Waals surface area contributed by atoms with Crippen LogP contribution in [0.15, 0.2) is 0 Å². The van der Waals surface area contributed by atoms with Crippen molar-refractivity contribution >= 4 is 11.9 Å². The monoisotopic (exact) mass is 161 g/mol. The van der Waals surface area contributed by atoms with E-state index >= 15 is 0 Å². The molecule has 4 heteroatoms. The van der Waals surface area contributed by atoms with E-state index in [4.69, 9.17) is 5.11 Å². The predicted octanol–water partition coefficient (Wildman–Crippen LogP) is 0.623. The van der Waals surface area contributed by atoms with Crippen molar-refractivity contribution in [3.8, 4) is 0 Å². The van der Waals surface area contributed by atoms with E-state index in [9.17, 15) is 9.59 Å². The molecule has 0 aliphatic heterocycles. The molecule has 1 amide bonds. The van der Waals surface area contributed by atoms with Gasteiger partial charge < -0.3 is 10.4 Å². The first-order valence-electron chi connectivity index (χ1n) is 3.59. The van der Waals surface area contributed by atoms with Crippen LogP contribution in [0.2, 0.25) is 0 Å². The molecule has 0 unspecified atom stereocenters. The fourth-order valence-corrected chi connectivity index (χ4v) is 0.345. The van der Waals surface area contributed by atoms with Crippen molar-refractivity contribution in [2.24, 2.45) is 0 Å². The Bertz CT molecular complexity index is 109. The fourth-order valence-electron chi connectivity index (χ4n) is 0.345. The van der Waals surface area contributed by atoms with E-state index in [1.54, 1.807) is 0 Å². The number of aliphatic carboxylic acids is 1. The molecule has 4 nitrogen and oxygen atoms in total. The van der Waals surface area contributed by atoms with Crippen LogP contribution in [0.4, 0.5) is 0 Å². The van der Waals surface area contributed by atoms with Gasteiger partial charge in [-0.05, 0) is 0 Å². The highest BCUT2D eigenvalue weighted by atomic mass is 16.4. The van der Waals surface area contributed by atoms with Crippen LogP contribution in [-0.4, -0.2) is 23.5 Å². The van der Waals surface area contributed by atoms with Gasteiger partial charge in [0.1, 0.15) is 0 Å². The molecule has 0 spiro atoms. The molecule has 0 aliphatic rings. The number of carbonyl (C=O) groups excluding carboxylic acids is 1. The van der Waals surface area contributed by atoms with Gasteiger partial charge >= 0.3 is 5.97 Å². The number of nitrogens with one attached hydrogen (secondary N) is 1. The molecule has 0 rings (SSSR count). The highest BCUT2D eigenvalue weighted by Crippen LogP contribution is 1.73. The first-order valence-corrected chi connectivity index (χ1v) is 3.59. The normalized spacial score (nSPS) is 7.55. The van der Waals surface area contributed by atoms with Crippen molar-refractivity contribution < 1.29 is 14.7 Å². The van der Waals surface area contributed by atoms with E-state index in [0.717, 1.165) is 0 Å². The van der Waals surface area contributed by atoms with Crippen LogP contribution in [0.5, 0.6) is 0 Å². The van der Waals surface area contributed by atoms with Crippen molar-refractivity contribution in [3.05, 3.63) is 0 Å². The number of carboxylic acid groups (broad SMARTS) is 1. The summed E-state index contributed by atoms with van der Waals surface area (Å²) >= 11 is 0. The zero-order chi connectivity index (χ0) is 9.28. The minimum absolute atomic E-state index is 0.0143. The molecule has 0 fully saturated rings. The topological polar surface area (TPSA) is 66.4 Å². The Kier molecular flexibility index (Phi) is 10.2. The van der Waals surface area contributed by atoms with Gasteiger partial charge in [-0.15, -0.1) is 0 Å². The molecule has 0 bridgehead atoms. The van der Waals surface area contributed by atoms with Gasteiger partial charge in [0, 0.05) is 13.5 Å². The molecule has 0 aromatic carbocycles. The molecule has 0 aliphatic carbocycles. The van der Waals surface area contributed by atoms with Crippen LogP contribution in [-0.2, 0) is 9.59 Å². The molecule has 0 atom stereocenters. The van der Waals surface area contributed by atoms with Crippen LogP contribution < -0.4 is 5.32 Å². The Balaban J connectivity index is 0. The minimum atomic E-state index is -0.899. The summed E-state index contributed by atoms with van der Waals surface area (Å²) in [5, 5.41) is 10.4. The van der Waals surface area contributed by atoms with E-state index in [1.165, 1.54) is 6.92 Å². The van der Waals surface area contributed by atoms with Gasteiger partial charge in [0.05, 0.1) is 6.42 Å². The maximum atomic E-state index is 10.1. The Hall–Kier alpha value is -1.06. The van der Waals surface area contributed by atoms with Crippen LogP contribution in [0, 0.1) is 0 Å². The SMILES string of the molecule is CC.CC(=O)NCCC(=O)O. The highest BCUT2D eigenvalue weighted by Gasteiger charge is 1.95. The van der Waals surface area contributed by atoms with Crippen molar-refractivity contribution in [2.45, 2.75) is 27.2 Å². The average molecular weight is 161 g/mol. The van der Waals surface area contributed by atoms with Crippen molar-refractivity contribution in [3.63, 3.8) is 0 Å². The Morgan fingerprint density at radius 3 is 2.09 bits per heavy atom. The summed E-state index contributed by atoms with van der Waals surface area (Å²) in [6, 6.07) is 0. The molecular weight excluding hydrogens is 146 g/mol. The van der Waals surface area contributed by atoms with Gasteiger partial charge in [-0.1, -0.05) is 13.8 Å². The molecule has 0 radical (unpaired) electrons. The number of carbonyl (C=O) groups is 2. The molecule has 66 valence electrons. The minimum Gasteiger partial charge on any atom is -0.481 e. The Morgan fingerprint density at radius 1 is 1.36 bits per heavy atom. The second kappa shape index (κ2) is 8.94. The number of amides is 1. The van der Waals surface area contributed by atoms with E-state index in [0.29, 0.717) is 0 Å². The number of rotatable bonds is 3. The molecule has 0 aromatic heterocycles. The molecule has 0 heterocycles. The first kappa shape index (κ1) is 12.6. The average Bonchev–Trinajstić information content (AvgIpc) is 1.90. The van der Waals surface area contributed by atoms with Gasteiger partial charge in [-0.3, -0.25) is 9.59 Å². The zero-order valence-corrected chi connectivity index (χ0v) is 7.18. The maximum absolute atomic E-state index is 10.1. The second-order valence-electron chi connectivity index (χ2n) is 1.63. The number of hydrogen-bond donors (Lipinski definition) is 2. The van der Waals surface area contributed by atoms with Crippen LogP contribution in [0.25, 0.3) is 0 Å². The molecule has 2 N–H and O–H groups in total. The summed E-state index contributed by atoms with van der Waals surface area (Å²) < 4.78 is 0. The third-order valence-corrected chi connectivity index (χ3v) is 0.713. The van der Waals surface area contributed by atoms with E-state index in [1.807, 2.05) is 13.8 Å². The lowest BCUT2D eigenvalue weighted by Crippen LogP contribution is -2.22. The summed E-state index contributed by atoms with van der Waals surface area (Å²) in [6.07, 6.45) is -0.0143. The summed E-state index contributed by atoms with van der Waals surface area (Å²) in [7, 11) is 0. The van der Waals surface area contributed by atoms with Gasteiger partial charge in [-0.25, -0.2) is 0 Å². The quantitative estimate of drug-likeness (QED) is 0.637. The Morgan fingerprint density at radius 2 is 1.82 bits per heavy atom. The Labute approximate surface area is 66.6 Å². The van der Waals surface area contributed by atoms with Crippen molar-refractivity contribution in [1.82, 2.24) is 5.32 Å². The zero-order valence-electron chi connectivity index (χ0n) is 7.18. The van der Waals surface area contributed by atoms with Crippen molar-refractivity contribution in [2.75, 3.05) is 6.54 Å². The summed E-state index contributed by atoms with van der Waals surface area (Å²) in [5.74, 6) is -1.10. The number of carboxylic acids is 1. The third kappa shape index (κ3) is 17.6. The van der Waals surface area contributed by atoms with Gasteiger partial charge in [0.25, 0.3) is 0 Å². The predicted molar refractivity (Wildman–Crippen MR) is 42.3 cm³/mol. The number of hydrogen-bond acceptors (Lipinski definition) is 2. The molecule has 0 aromatic rings. The van der Waals surface area contributed by atoms with Crippen molar-refractivity contribution in [1.29, 1.82) is 0 Å². The largest absolute Gasteiger partial charge is 0.481 e. The summed E-state index contributed by atoms with van der Waals surface area (Å²) in [4.78, 5) is 20.0. The third-order valence-electron chi connectivity index (χ3n) is 0.713. The molecule has 11 heavy (non-hydrogen) atoms. The maximum Gasteiger partial charge on any atom is 0.305 e. The van der Waals surface area contributed by atoms with E-state index in [-0.39, 0.29) is 18.9 Å².